The van der Waals surface area contributed by atoms with Crippen LogP contribution in [0.5, 0.6) is 0 Å². The molecular formula is C16H21Cl2N3O3. The Labute approximate surface area is 152 Å². The number of rotatable bonds is 5. The highest BCUT2D eigenvalue weighted by molar-refractivity contribution is 6.31. The molecule has 1 aliphatic carbocycles. The zero-order valence-corrected chi connectivity index (χ0v) is 14.8. The van der Waals surface area contributed by atoms with E-state index in [4.69, 9.17) is 11.6 Å². The van der Waals surface area contributed by atoms with Crippen molar-refractivity contribution in [3.8, 4) is 0 Å². The summed E-state index contributed by atoms with van der Waals surface area (Å²) in [5.74, 6) is 0.556. The van der Waals surface area contributed by atoms with Gasteiger partial charge in [-0.1, -0.05) is 11.6 Å². The molecule has 1 amide bonds. The lowest BCUT2D eigenvalue weighted by Gasteiger charge is -2.32. The molecule has 0 aromatic heterocycles. The fourth-order valence-corrected chi connectivity index (χ4v) is 3.12. The Morgan fingerprint density at radius 3 is 2.54 bits per heavy atom. The molecule has 1 N–H and O–H groups in total. The summed E-state index contributed by atoms with van der Waals surface area (Å²) in [5.41, 5.74) is -0.111. The third-order valence-electron chi connectivity index (χ3n) is 4.56. The van der Waals surface area contributed by atoms with Crippen LogP contribution in [-0.4, -0.2) is 41.4 Å². The van der Waals surface area contributed by atoms with Crippen molar-refractivity contribution >= 4 is 35.6 Å². The second-order valence-electron chi connectivity index (χ2n) is 6.34. The highest BCUT2D eigenvalue weighted by atomic mass is 35.5. The van der Waals surface area contributed by atoms with Crippen LogP contribution < -0.4 is 5.32 Å². The molecule has 8 heteroatoms. The van der Waals surface area contributed by atoms with Gasteiger partial charge in [0.1, 0.15) is 5.56 Å². The topological polar surface area (TPSA) is 75.5 Å². The molecule has 132 valence electrons. The fraction of sp³-hybridized carbons (Fsp3) is 0.562. The number of halogens is 2. The van der Waals surface area contributed by atoms with E-state index in [-0.39, 0.29) is 34.6 Å². The monoisotopic (exact) mass is 373 g/mol. The molecule has 0 radical (unpaired) electrons. The van der Waals surface area contributed by atoms with Gasteiger partial charge in [0.15, 0.2) is 0 Å². The van der Waals surface area contributed by atoms with Gasteiger partial charge >= 0.3 is 0 Å². The first-order valence-corrected chi connectivity index (χ1v) is 8.39. The molecule has 1 aromatic rings. The fourth-order valence-electron chi connectivity index (χ4n) is 2.95. The molecule has 3 rings (SSSR count). The summed E-state index contributed by atoms with van der Waals surface area (Å²) in [6.07, 6.45) is 4.43. The standard InChI is InChI=1S/C16H20ClN3O3.ClH/c17-12-3-4-14(15(9-12)20(22)23)16(21)19-7-5-13(6-8-19)18-10-11-1-2-11;/h3-4,9,11,13,18H,1-2,5-8,10H2;1H. The van der Waals surface area contributed by atoms with Gasteiger partial charge in [-0.2, -0.15) is 0 Å². The van der Waals surface area contributed by atoms with Crippen LogP contribution in [0.4, 0.5) is 5.69 Å². The second kappa shape index (κ2) is 8.14. The Kier molecular flexibility index (Phi) is 6.43. The molecule has 0 unspecified atom stereocenters. The van der Waals surface area contributed by atoms with Gasteiger partial charge in [0.25, 0.3) is 11.6 Å². The Morgan fingerprint density at radius 1 is 1.29 bits per heavy atom. The van der Waals surface area contributed by atoms with Gasteiger partial charge in [-0.15, -0.1) is 12.4 Å². The average molecular weight is 374 g/mol. The summed E-state index contributed by atoms with van der Waals surface area (Å²) in [6.45, 7) is 2.32. The second-order valence-corrected chi connectivity index (χ2v) is 6.77. The maximum absolute atomic E-state index is 12.6. The minimum atomic E-state index is -0.553. The summed E-state index contributed by atoms with van der Waals surface area (Å²) in [7, 11) is 0. The minimum Gasteiger partial charge on any atom is -0.338 e. The van der Waals surface area contributed by atoms with Gasteiger partial charge in [0.2, 0.25) is 0 Å². The van der Waals surface area contributed by atoms with Crippen molar-refractivity contribution in [1.29, 1.82) is 0 Å². The van der Waals surface area contributed by atoms with Crippen molar-refractivity contribution < 1.29 is 9.72 Å². The predicted octanol–water partition coefficient (Wildman–Crippen LogP) is 3.27. The highest BCUT2D eigenvalue weighted by Crippen LogP contribution is 2.28. The Hall–Kier alpha value is -1.37. The van der Waals surface area contributed by atoms with Gasteiger partial charge < -0.3 is 10.2 Å². The van der Waals surface area contributed by atoms with Crippen LogP contribution >= 0.6 is 24.0 Å². The molecule has 24 heavy (non-hydrogen) atoms. The van der Waals surface area contributed by atoms with Crippen LogP contribution in [0.2, 0.25) is 5.02 Å². The van der Waals surface area contributed by atoms with E-state index in [0.29, 0.717) is 19.1 Å². The number of likely N-dealkylation sites (tertiary alicyclic amines) is 1. The number of benzene rings is 1. The molecule has 1 heterocycles. The lowest BCUT2D eigenvalue weighted by Crippen LogP contribution is -2.45. The Morgan fingerprint density at radius 2 is 1.96 bits per heavy atom. The Balaban J connectivity index is 0.00000208. The lowest BCUT2D eigenvalue weighted by atomic mass is 10.0. The van der Waals surface area contributed by atoms with Crippen LogP contribution in [-0.2, 0) is 0 Å². The number of amides is 1. The molecule has 2 aliphatic rings. The molecule has 1 aliphatic heterocycles. The molecule has 2 fully saturated rings. The van der Waals surface area contributed by atoms with Crippen LogP contribution in [0, 0.1) is 16.0 Å². The van der Waals surface area contributed by atoms with Crippen molar-refractivity contribution in [2.45, 2.75) is 31.7 Å². The quantitative estimate of drug-likeness (QED) is 0.634. The van der Waals surface area contributed by atoms with Crippen LogP contribution in [0.1, 0.15) is 36.0 Å². The van der Waals surface area contributed by atoms with Crippen molar-refractivity contribution in [1.82, 2.24) is 10.2 Å². The first-order chi connectivity index (χ1) is 11.0. The SMILES string of the molecule is Cl.O=C(c1ccc(Cl)cc1[N+](=O)[O-])N1CCC(NCC2CC2)CC1. The summed E-state index contributed by atoms with van der Waals surface area (Å²) < 4.78 is 0. The van der Waals surface area contributed by atoms with E-state index in [0.717, 1.165) is 25.3 Å². The van der Waals surface area contributed by atoms with Gasteiger partial charge in [0.05, 0.1) is 4.92 Å². The normalized spacial score (nSPS) is 18.1. The van der Waals surface area contributed by atoms with Crippen molar-refractivity contribution in [2.24, 2.45) is 5.92 Å². The van der Waals surface area contributed by atoms with E-state index in [1.807, 2.05) is 0 Å². The number of piperidine rings is 1. The number of nitro groups is 1. The first-order valence-electron chi connectivity index (χ1n) is 8.01. The molecule has 1 saturated heterocycles. The molecule has 1 saturated carbocycles. The van der Waals surface area contributed by atoms with Crippen molar-refractivity contribution in [3.05, 3.63) is 38.9 Å². The van der Waals surface area contributed by atoms with Gasteiger partial charge in [-0.05, 0) is 50.3 Å². The number of nitrogens with one attached hydrogen (secondary N) is 1. The molecular weight excluding hydrogens is 353 g/mol. The highest BCUT2D eigenvalue weighted by Gasteiger charge is 2.29. The van der Waals surface area contributed by atoms with Crippen LogP contribution in [0.25, 0.3) is 0 Å². The number of carbonyl (C=O) groups excluding carboxylic acids is 1. The van der Waals surface area contributed by atoms with Crippen molar-refractivity contribution in [3.63, 3.8) is 0 Å². The maximum atomic E-state index is 12.6. The minimum absolute atomic E-state index is 0. The zero-order chi connectivity index (χ0) is 16.4. The van der Waals surface area contributed by atoms with E-state index in [2.05, 4.69) is 5.32 Å². The predicted molar refractivity (Wildman–Crippen MR) is 95.0 cm³/mol. The van der Waals surface area contributed by atoms with Crippen LogP contribution in [0.15, 0.2) is 18.2 Å². The smallest absolute Gasteiger partial charge is 0.283 e. The van der Waals surface area contributed by atoms with Crippen LogP contribution in [0.3, 0.4) is 0 Å². The Bertz CT molecular complexity index is 615. The van der Waals surface area contributed by atoms with E-state index >= 15 is 0 Å². The molecule has 0 bridgehead atoms. The van der Waals surface area contributed by atoms with Gasteiger partial charge in [-0.25, -0.2) is 0 Å². The molecule has 1 aromatic carbocycles. The van der Waals surface area contributed by atoms with E-state index < -0.39 is 4.92 Å². The summed E-state index contributed by atoms with van der Waals surface area (Å²) in [6, 6.07) is 4.64. The number of nitrogens with zero attached hydrogens (tertiary/aromatic N) is 2. The first kappa shape index (κ1) is 19.0. The number of hydrogen-bond donors (Lipinski definition) is 1. The van der Waals surface area contributed by atoms with E-state index in [9.17, 15) is 14.9 Å². The summed E-state index contributed by atoms with van der Waals surface area (Å²) in [4.78, 5) is 24.9. The third-order valence-corrected chi connectivity index (χ3v) is 4.80. The van der Waals surface area contributed by atoms with Gasteiger partial charge in [-0.3, -0.25) is 14.9 Å². The zero-order valence-electron chi connectivity index (χ0n) is 13.2. The average Bonchev–Trinajstić information content (AvgIpc) is 3.37. The lowest BCUT2D eigenvalue weighted by molar-refractivity contribution is -0.385. The molecule has 6 nitrogen and oxygen atoms in total. The van der Waals surface area contributed by atoms with E-state index in [1.54, 1.807) is 4.90 Å². The van der Waals surface area contributed by atoms with E-state index in [1.165, 1.54) is 31.0 Å². The summed E-state index contributed by atoms with van der Waals surface area (Å²) >= 11 is 5.80. The largest absolute Gasteiger partial charge is 0.338 e. The summed E-state index contributed by atoms with van der Waals surface area (Å²) in [5, 5.41) is 15.0. The third kappa shape index (κ3) is 4.59. The maximum Gasteiger partial charge on any atom is 0.283 e. The molecule has 0 atom stereocenters. The number of carbonyl (C=O) groups is 1. The van der Waals surface area contributed by atoms with Crippen molar-refractivity contribution in [2.75, 3.05) is 19.6 Å². The molecule has 0 spiro atoms. The number of hydrogen-bond acceptors (Lipinski definition) is 4. The van der Waals surface area contributed by atoms with Gasteiger partial charge in [0, 0.05) is 30.2 Å². The number of nitro benzene ring substituents is 1.